The van der Waals surface area contributed by atoms with E-state index in [0.29, 0.717) is 23.6 Å². The van der Waals surface area contributed by atoms with Gasteiger partial charge in [-0.2, -0.15) is 0 Å². The summed E-state index contributed by atoms with van der Waals surface area (Å²) in [5, 5.41) is 39.3. The zero-order valence-corrected chi connectivity index (χ0v) is 32.9. The van der Waals surface area contributed by atoms with E-state index < -0.39 is 77.3 Å². The highest BCUT2D eigenvalue weighted by Gasteiger charge is 2.51. The molecule has 2 saturated heterocycles. The number of nitrogens with zero attached hydrogens (tertiary/aromatic N) is 2. The van der Waals surface area contributed by atoms with Crippen molar-refractivity contribution in [3.8, 4) is 11.5 Å². The Morgan fingerprint density at radius 1 is 0.981 bits per heavy atom. The molecule has 2 aliphatic rings. The number of hydrogen-bond donors (Lipinski definition) is 3. The van der Waals surface area contributed by atoms with Crippen LogP contribution in [0.25, 0.3) is 0 Å². The molecule has 2 aliphatic heterocycles. The smallest absolute Gasteiger partial charge is 0.316 e. The minimum Gasteiger partial charge on any atom is -0.497 e. The van der Waals surface area contributed by atoms with E-state index in [1.54, 1.807) is 59.1 Å². The van der Waals surface area contributed by atoms with E-state index in [9.17, 15) is 24.9 Å². The molecule has 0 aliphatic carbocycles. The number of oxime groups is 1. The van der Waals surface area contributed by atoms with Crippen LogP contribution in [-0.4, -0.2) is 127 Å². The Labute approximate surface area is 308 Å². The van der Waals surface area contributed by atoms with Crippen LogP contribution in [0.4, 0.5) is 0 Å². The van der Waals surface area contributed by atoms with Gasteiger partial charge in [0.25, 0.3) is 6.79 Å². The Morgan fingerprint density at radius 2 is 1.60 bits per heavy atom. The molecular formula is C38H62N2O12. The lowest BCUT2D eigenvalue weighted by molar-refractivity contribution is -0.295. The van der Waals surface area contributed by atoms with Crippen LogP contribution >= 0.6 is 0 Å². The molecule has 14 heteroatoms. The number of likely N-dealkylation sites (N-methyl/N-ethyl adjacent to an activating group) is 1. The largest absolute Gasteiger partial charge is 0.497 e. The Kier molecular flexibility index (Phi) is 15.5. The minimum absolute atomic E-state index is 0.156. The summed E-state index contributed by atoms with van der Waals surface area (Å²) in [6.07, 6.45) is -5.21. The Bertz CT molecular complexity index is 1340. The molecule has 3 rings (SSSR count). The highest BCUT2D eigenvalue weighted by Crippen LogP contribution is 2.38. The van der Waals surface area contributed by atoms with Gasteiger partial charge in [-0.05, 0) is 85.3 Å². The van der Waals surface area contributed by atoms with Gasteiger partial charge in [-0.1, -0.05) is 32.9 Å². The average Bonchev–Trinajstić information content (AvgIpc) is 3.11. The van der Waals surface area contributed by atoms with Crippen LogP contribution in [0.1, 0.15) is 74.7 Å². The first kappa shape index (κ1) is 43.6. The molecule has 0 spiro atoms. The lowest BCUT2D eigenvalue weighted by Crippen LogP contribution is -2.60. The van der Waals surface area contributed by atoms with E-state index in [2.05, 4.69) is 5.16 Å². The van der Waals surface area contributed by atoms with Crippen LogP contribution in [0.3, 0.4) is 0 Å². The number of aliphatic hydroxyl groups excluding tert-OH is 2. The maximum atomic E-state index is 14.1. The number of carbonyl (C=O) groups is 2. The molecule has 296 valence electrons. The van der Waals surface area contributed by atoms with Crippen LogP contribution < -0.4 is 9.47 Å². The fourth-order valence-electron chi connectivity index (χ4n) is 7.48. The third kappa shape index (κ3) is 10.0. The quantitative estimate of drug-likeness (QED) is 0.105. The van der Waals surface area contributed by atoms with Crippen molar-refractivity contribution in [2.45, 2.75) is 129 Å². The van der Waals surface area contributed by atoms with Gasteiger partial charge < -0.3 is 53.5 Å². The second-order valence-electron chi connectivity index (χ2n) is 15.0. The number of carbonyl (C=O) groups excluding carboxylic acids is 2. The van der Waals surface area contributed by atoms with Gasteiger partial charge in [0.2, 0.25) is 0 Å². The summed E-state index contributed by atoms with van der Waals surface area (Å²) in [5.41, 5.74) is -2.83. The minimum atomic E-state index is -1.94. The second-order valence-corrected chi connectivity index (χ2v) is 15.0. The molecule has 13 atom stereocenters. The van der Waals surface area contributed by atoms with Gasteiger partial charge in [0.05, 0.1) is 36.7 Å². The van der Waals surface area contributed by atoms with Crippen molar-refractivity contribution in [2.75, 3.05) is 35.1 Å². The molecule has 1 unspecified atom stereocenters. The van der Waals surface area contributed by atoms with E-state index in [4.69, 9.17) is 33.3 Å². The molecule has 2 heterocycles. The molecule has 0 radical (unpaired) electrons. The van der Waals surface area contributed by atoms with E-state index in [1.807, 2.05) is 32.8 Å². The van der Waals surface area contributed by atoms with Crippen molar-refractivity contribution in [2.24, 2.45) is 28.8 Å². The fraction of sp³-hybridized carbons (Fsp3) is 0.763. The van der Waals surface area contributed by atoms with E-state index >= 15 is 0 Å². The zero-order chi connectivity index (χ0) is 39.1. The van der Waals surface area contributed by atoms with Gasteiger partial charge >= 0.3 is 5.97 Å². The maximum Gasteiger partial charge on any atom is 0.316 e. The number of cyclic esters (lactones) is 1. The topological polar surface area (TPSA) is 175 Å². The van der Waals surface area contributed by atoms with Crippen molar-refractivity contribution in [1.29, 1.82) is 0 Å². The molecule has 14 nitrogen and oxygen atoms in total. The highest BCUT2D eigenvalue weighted by molar-refractivity contribution is 6.00. The fourth-order valence-corrected chi connectivity index (χ4v) is 7.48. The van der Waals surface area contributed by atoms with E-state index in [-0.39, 0.29) is 31.8 Å². The van der Waals surface area contributed by atoms with Gasteiger partial charge in [-0.3, -0.25) is 9.59 Å². The van der Waals surface area contributed by atoms with Crippen molar-refractivity contribution in [1.82, 2.24) is 4.90 Å². The first-order valence-corrected chi connectivity index (χ1v) is 18.1. The first-order chi connectivity index (χ1) is 24.3. The Balaban J connectivity index is 2.09. The number of aliphatic hydroxyl groups is 3. The predicted octanol–water partition coefficient (Wildman–Crippen LogP) is 3.57. The number of methoxy groups -OCH3 is 2. The Morgan fingerprint density at radius 3 is 2.15 bits per heavy atom. The van der Waals surface area contributed by atoms with Gasteiger partial charge in [0, 0.05) is 30.9 Å². The molecule has 2 fully saturated rings. The summed E-state index contributed by atoms with van der Waals surface area (Å²) < 4.78 is 35.6. The summed E-state index contributed by atoms with van der Waals surface area (Å²) in [7, 11) is 6.80. The molecule has 0 bridgehead atoms. The molecule has 0 aromatic heterocycles. The number of benzene rings is 1. The molecule has 1 aromatic carbocycles. The summed E-state index contributed by atoms with van der Waals surface area (Å²) in [5.74, 6) is -3.69. The van der Waals surface area contributed by atoms with Crippen LogP contribution in [0, 0.1) is 23.7 Å². The van der Waals surface area contributed by atoms with Crippen LogP contribution in [0.15, 0.2) is 29.4 Å². The lowest BCUT2D eigenvalue weighted by Gasteiger charge is -2.47. The van der Waals surface area contributed by atoms with Crippen molar-refractivity contribution < 1.29 is 58.2 Å². The molecule has 1 aromatic rings. The van der Waals surface area contributed by atoms with Gasteiger partial charge in [0.15, 0.2) is 12.1 Å². The Hall–Kier alpha value is -2.85. The van der Waals surface area contributed by atoms with Crippen molar-refractivity contribution in [3.63, 3.8) is 0 Å². The molecular weight excluding hydrogens is 676 g/mol. The molecule has 0 saturated carbocycles. The van der Waals surface area contributed by atoms with Gasteiger partial charge in [0.1, 0.15) is 35.2 Å². The second kappa shape index (κ2) is 18.5. The van der Waals surface area contributed by atoms with E-state index in [0.717, 1.165) is 0 Å². The van der Waals surface area contributed by atoms with E-state index in [1.165, 1.54) is 21.0 Å². The standard InChI is InChI=1S/C38H62N2O12/c1-13-29-38(8,45)33(43)23(4)30(39-49-20-48-27-16-14-26(46-11)15-17-27)21(2)19-37(7,47-12)34(24(5)31(41)25(6)35(44)51-29)52-36-32(42)28(40(9)10)18-22(3)50-36/h14-17,21-25,28-29,32-34,36,42-43,45H,13,18-20H2,1-12H3/b39-30+/t21-,22-,23+,24+,25-,28+,29-,32+,33-,34?,36+,37-,38-/m1/s1. The zero-order valence-electron chi connectivity index (χ0n) is 32.9. The number of esters is 1. The number of rotatable bonds is 10. The third-order valence-electron chi connectivity index (χ3n) is 10.9. The number of ether oxygens (including phenoxy) is 6. The predicted molar refractivity (Wildman–Crippen MR) is 193 cm³/mol. The summed E-state index contributed by atoms with van der Waals surface area (Å²) >= 11 is 0. The number of hydrogen-bond acceptors (Lipinski definition) is 14. The van der Waals surface area contributed by atoms with Crippen molar-refractivity contribution >= 4 is 17.5 Å². The van der Waals surface area contributed by atoms with Crippen LogP contribution in [0.5, 0.6) is 11.5 Å². The lowest BCUT2D eigenvalue weighted by atomic mass is 9.74. The summed E-state index contributed by atoms with van der Waals surface area (Å²) in [6.45, 7) is 13.2. The number of Topliss-reactive ketones (excluding diaryl/α,β-unsaturated/α-hetero) is 1. The number of ketones is 1. The van der Waals surface area contributed by atoms with Gasteiger partial charge in [-0.15, -0.1) is 0 Å². The maximum absolute atomic E-state index is 14.1. The van der Waals surface area contributed by atoms with Crippen LogP contribution in [-0.2, 0) is 33.4 Å². The molecule has 3 N–H and O–H groups in total. The SMILES string of the molecule is CC[C@H]1OC(=O)[C@H](C)C(=O)[C@H](C)C(O[C@@H]2O[C@H](C)C[C@H](N(C)C)[C@@H]2O)[C@](C)(OC)C[C@@H](C)/C(=N\OCOc2ccc(OC)cc2)[C@H](C)[C@@H](O)[C@]1(C)O. The van der Waals surface area contributed by atoms with Gasteiger partial charge in [-0.25, -0.2) is 0 Å². The first-order valence-electron chi connectivity index (χ1n) is 18.1. The summed E-state index contributed by atoms with van der Waals surface area (Å²) in [6, 6.07) is 6.65. The summed E-state index contributed by atoms with van der Waals surface area (Å²) in [4.78, 5) is 35.2. The monoisotopic (exact) mass is 738 g/mol. The molecule has 0 amide bonds. The van der Waals surface area contributed by atoms with Crippen molar-refractivity contribution in [3.05, 3.63) is 24.3 Å². The third-order valence-corrected chi connectivity index (χ3v) is 10.9. The normalized spacial score (nSPS) is 39.2. The molecule has 52 heavy (non-hydrogen) atoms. The highest BCUT2D eigenvalue weighted by atomic mass is 16.7. The van der Waals surface area contributed by atoms with Crippen LogP contribution in [0.2, 0.25) is 0 Å². The average molecular weight is 739 g/mol.